The molecule has 1 aliphatic heterocycles. The summed E-state index contributed by atoms with van der Waals surface area (Å²) >= 11 is 1.90. The second-order valence-electron chi connectivity index (χ2n) is 6.33. The SMILES string of the molecule is CCC1CN(C(=O)NC(C)(C)C(C)(C)C(=O)O)CCS1. The third-order valence-corrected chi connectivity index (χ3v) is 5.77. The van der Waals surface area contributed by atoms with Crippen LogP contribution in [0.3, 0.4) is 0 Å². The summed E-state index contributed by atoms with van der Waals surface area (Å²) in [5, 5.41) is 12.7. The molecule has 0 bridgehead atoms. The van der Waals surface area contributed by atoms with Crippen molar-refractivity contribution in [1.82, 2.24) is 10.2 Å². The third-order valence-electron chi connectivity index (χ3n) is 4.40. The number of carbonyl (C=O) groups excluding carboxylic acids is 1. The summed E-state index contributed by atoms with van der Waals surface area (Å²) in [7, 11) is 0. The average Bonchev–Trinajstić information content (AvgIpc) is 2.37. The number of nitrogens with one attached hydrogen (secondary N) is 1. The van der Waals surface area contributed by atoms with Crippen LogP contribution in [0.2, 0.25) is 0 Å². The van der Waals surface area contributed by atoms with E-state index in [-0.39, 0.29) is 6.03 Å². The van der Waals surface area contributed by atoms with Gasteiger partial charge in [-0.15, -0.1) is 0 Å². The Kier molecular flexibility index (Phi) is 5.35. The van der Waals surface area contributed by atoms with E-state index in [0.717, 1.165) is 25.3 Å². The number of amides is 2. The van der Waals surface area contributed by atoms with Crippen LogP contribution < -0.4 is 5.32 Å². The van der Waals surface area contributed by atoms with Gasteiger partial charge < -0.3 is 15.3 Å². The summed E-state index contributed by atoms with van der Waals surface area (Å²) in [4.78, 5) is 25.5. The van der Waals surface area contributed by atoms with Crippen molar-refractivity contribution < 1.29 is 14.7 Å². The smallest absolute Gasteiger partial charge is 0.317 e. The highest BCUT2D eigenvalue weighted by Crippen LogP contribution is 2.31. The van der Waals surface area contributed by atoms with Gasteiger partial charge in [0.25, 0.3) is 0 Å². The van der Waals surface area contributed by atoms with E-state index in [4.69, 9.17) is 0 Å². The van der Waals surface area contributed by atoms with Crippen molar-refractivity contribution in [3.8, 4) is 0 Å². The summed E-state index contributed by atoms with van der Waals surface area (Å²) in [6.45, 7) is 10.4. The fourth-order valence-corrected chi connectivity index (χ4v) is 3.10. The van der Waals surface area contributed by atoms with E-state index in [2.05, 4.69) is 12.2 Å². The Morgan fingerprint density at radius 1 is 1.35 bits per heavy atom. The number of thioether (sulfide) groups is 1. The molecule has 2 amide bonds. The van der Waals surface area contributed by atoms with E-state index in [0.29, 0.717) is 5.25 Å². The van der Waals surface area contributed by atoms with Crippen molar-refractivity contribution in [1.29, 1.82) is 0 Å². The van der Waals surface area contributed by atoms with E-state index >= 15 is 0 Å². The quantitative estimate of drug-likeness (QED) is 0.836. The molecule has 0 aromatic heterocycles. The first-order valence-corrected chi connectivity index (χ1v) is 8.08. The summed E-state index contributed by atoms with van der Waals surface area (Å²) in [5.41, 5.74) is -1.85. The number of carboxylic acid groups (broad SMARTS) is 1. The number of carboxylic acids is 1. The summed E-state index contributed by atoms with van der Waals surface area (Å²) in [6, 6.07) is -0.164. The predicted molar refractivity (Wildman–Crippen MR) is 82.1 cm³/mol. The Hall–Kier alpha value is -0.910. The molecule has 6 heteroatoms. The molecule has 5 nitrogen and oxygen atoms in total. The van der Waals surface area contributed by atoms with Crippen molar-refractivity contribution in [2.75, 3.05) is 18.8 Å². The Balaban J connectivity index is 2.72. The summed E-state index contributed by atoms with van der Waals surface area (Å²) in [6.07, 6.45) is 1.04. The van der Waals surface area contributed by atoms with E-state index in [9.17, 15) is 14.7 Å². The van der Waals surface area contributed by atoms with Crippen LogP contribution in [0.1, 0.15) is 41.0 Å². The fraction of sp³-hybridized carbons (Fsp3) is 0.857. The second kappa shape index (κ2) is 6.24. The molecular formula is C14H26N2O3S. The minimum atomic E-state index is -1.03. The highest BCUT2D eigenvalue weighted by atomic mass is 32.2. The molecule has 1 aliphatic rings. The molecule has 1 unspecified atom stereocenters. The van der Waals surface area contributed by atoms with Crippen molar-refractivity contribution in [3.63, 3.8) is 0 Å². The second-order valence-corrected chi connectivity index (χ2v) is 7.74. The number of hydrogen-bond donors (Lipinski definition) is 2. The number of aliphatic carboxylic acids is 1. The third kappa shape index (κ3) is 3.59. The van der Waals surface area contributed by atoms with Gasteiger partial charge in [-0.2, -0.15) is 11.8 Å². The lowest BCUT2D eigenvalue weighted by molar-refractivity contribution is -0.150. The number of urea groups is 1. The Morgan fingerprint density at radius 3 is 2.45 bits per heavy atom. The molecule has 0 saturated carbocycles. The number of carbonyl (C=O) groups is 2. The molecule has 1 rings (SSSR count). The Bertz CT molecular complexity index is 383. The van der Waals surface area contributed by atoms with Crippen LogP contribution in [-0.4, -0.2) is 51.6 Å². The highest BCUT2D eigenvalue weighted by Gasteiger charge is 2.45. The molecular weight excluding hydrogens is 276 g/mol. The van der Waals surface area contributed by atoms with E-state index in [1.54, 1.807) is 32.6 Å². The largest absolute Gasteiger partial charge is 0.481 e. The lowest BCUT2D eigenvalue weighted by atomic mass is 9.74. The maximum absolute atomic E-state index is 12.4. The minimum absolute atomic E-state index is 0.164. The standard InChI is InChI=1S/C14H26N2O3S/c1-6-10-9-16(7-8-20-10)12(19)15-14(4,5)13(2,3)11(17)18/h10H,6-9H2,1-5H3,(H,15,19)(H,17,18). The first-order chi connectivity index (χ1) is 9.11. The monoisotopic (exact) mass is 302 g/mol. The van der Waals surface area contributed by atoms with Gasteiger partial charge in [0.2, 0.25) is 0 Å². The van der Waals surface area contributed by atoms with Gasteiger partial charge in [0.05, 0.1) is 11.0 Å². The zero-order valence-corrected chi connectivity index (χ0v) is 13.8. The summed E-state index contributed by atoms with van der Waals surface area (Å²) in [5.74, 6) is 0.0257. The van der Waals surface area contributed by atoms with Crippen molar-refractivity contribution in [2.24, 2.45) is 5.41 Å². The molecule has 0 aromatic rings. The van der Waals surface area contributed by atoms with Crippen LogP contribution in [0.25, 0.3) is 0 Å². The van der Waals surface area contributed by atoms with Gasteiger partial charge in [-0.25, -0.2) is 4.79 Å². The van der Waals surface area contributed by atoms with Crippen molar-refractivity contribution in [3.05, 3.63) is 0 Å². The molecule has 20 heavy (non-hydrogen) atoms. The van der Waals surface area contributed by atoms with Gasteiger partial charge in [-0.3, -0.25) is 4.79 Å². The average molecular weight is 302 g/mol. The minimum Gasteiger partial charge on any atom is -0.481 e. The van der Waals surface area contributed by atoms with Crippen LogP contribution in [-0.2, 0) is 4.79 Å². The maximum atomic E-state index is 12.4. The van der Waals surface area contributed by atoms with Gasteiger partial charge in [0.15, 0.2) is 0 Å². The molecule has 0 aromatic carbocycles. The molecule has 1 saturated heterocycles. The molecule has 1 atom stereocenters. The van der Waals surface area contributed by atoms with Crippen LogP contribution in [0, 0.1) is 5.41 Å². The topological polar surface area (TPSA) is 69.6 Å². The highest BCUT2D eigenvalue weighted by molar-refractivity contribution is 8.00. The Labute approximate surface area is 125 Å². The lowest BCUT2D eigenvalue weighted by Gasteiger charge is -2.41. The molecule has 1 heterocycles. The molecule has 1 fully saturated rings. The first kappa shape index (κ1) is 17.1. The summed E-state index contributed by atoms with van der Waals surface area (Å²) < 4.78 is 0. The van der Waals surface area contributed by atoms with Gasteiger partial charge in [0, 0.05) is 24.1 Å². The number of nitrogens with zero attached hydrogens (tertiary/aromatic N) is 1. The van der Waals surface area contributed by atoms with Gasteiger partial charge in [-0.05, 0) is 34.1 Å². The van der Waals surface area contributed by atoms with Gasteiger partial charge in [-0.1, -0.05) is 6.92 Å². The first-order valence-electron chi connectivity index (χ1n) is 7.04. The number of hydrogen-bond acceptors (Lipinski definition) is 3. The van der Waals surface area contributed by atoms with Crippen molar-refractivity contribution >= 4 is 23.8 Å². The predicted octanol–water partition coefficient (Wildman–Crippen LogP) is 2.41. The van der Waals surface area contributed by atoms with Crippen LogP contribution in [0.4, 0.5) is 4.79 Å². The van der Waals surface area contributed by atoms with Crippen LogP contribution >= 0.6 is 11.8 Å². The molecule has 116 valence electrons. The fourth-order valence-electron chi connectivity index (χ4n) is 1.92. The van der Waals surface area contributed by atoms with E-state index in [1.165, 1.54) is 0 Å². The van der Waals surface area contributed by atoms with Crippen LogP contribution in [0.5, 0.6) is 0 Å². The normalized spacial score (nSPS) is 20.6. The molecule has 0 spiro atoms. The Morgan fingerprint density at radius 2 is 1.95 bits per heavy atom. The molecule has 0 radical (unpaired) electrons. The zero-order valence-electron chi connectivity index (χ0n) is 13.0. The maximum Gasteiger partial charge on any atom is 0.317 e. The molecule has 0 aliphatic carbocycles. The zero-order chi connectivity index (χ0) is 15.6. The van der Waals surface area contributed by atoms with Gasteiger partial charge >= 0.3 is 12.0 Å². The van der Waals surface area contributed by atoms with Crippen molar-refractivity contribution in [2.45, 2.75) is 51.8 Å². The van der Waals surface area contributed by atoms with Gasteiger partial charge in [0.1, 0.15) is 0 Å². The van der Waals surface area contributed by atoms with E-state index < -0.39 is 16.9 Å². The number of rotatable bonds is 4. The van der Waals surface area contributed by atoms with Crippen LogP contribution in [0.15, 0.2) is 0 Å². The van der Waals surface area contributed by atoms with E-state index in [1.807, 2.05) is 11.8 Å². The molecule has 2 N–H and O–H groups in total. The lowest BCUT2D eigenvalue weighted by Crippen LogP contribution is -2.60.